The van der Waals surface area contributed by atoms with Gasteiger partial charge in [-0.1, -0.05) is 54.6 Å². The average Bonchev–Trinajstić information content (AvgIpc) is 3.76. The fraction of sp³-hybridized carbons (Fsp3) is 0.343. The molecule has 3 aromatic carbocycles. The van der Waals surface area contributed by atoms with Gasteiger partial charge in [0.2, 0.25) is 0 Å². The van der Waals surface area contributed by atoms with Crippen LogP contribution in [0, 0.1) is 12.8 Å². The van der Waals surface area contributed by atoms with Crippen molar-refractivity contribution in [3.05, 3.63) is 112 Å². The van der Waals surface area contributed by atoms with Gasteiger partial charge in [-0.15, -0.1) is 0 Å². The van der Waals surface area contributed by atoms with Gasteiger partial charge in [0.25, 0.3) is 0 Å². The minimum absolute atomic E-state index is 0.150. The number of carbonyl (C=O) groups excluding carboxylic acids is 2. The first-order valence-corrected chi connectivity index (χ1v) is 14.5. The predicted molar refractivity (Wildman–Crippen MR) is 160 cm³/mol. The summed E-state index contributed by atoms with van der Waals surface area (Å²) >= 11 is 0. The summed E-state index contributed by atoms with van der Waals surface area (Å²) in [5.74, 6) is 0.567. The third-order valence-electron chi connectivity index (χ3n) is 8.96. The van der Waals surface area contributed by atoms with Crippen LogP contribution in [0.4, 0.5) is 0 Å². The summed E-state index contributed by atoms with van der Waals surface area (Å²) < 4.78 is 7.04. The monoisotopic (exact) mass is 547 g/mol. The number of aromatic nitrogens is 2. The van der Waals surface area contributed by atoms with E-state index in [0.29, 0.717) is 23.7 Å². The molecule has 210 valence electrons. The number of Topliss-reactive ketones (excluding diaryl/α,β-unsaturated/α-hetero) is 1. The number of imidazole rings is 1. The van der Waals surface area contributed by atoms with Crippen molar-refractivity contribution in [1.29, 1.82) is 0 Å². The van der Waals surface area contributed by atoms with Crippen LogP contribution in [-0.2, 0) is 42.5 Å². The Kier molecular flexibility index (Phi) is 7.59. The summed E-state index contributed by atoms with van der Waals surface area (Å²) in [5.41, 5.74) is 10.2. The summed E-state index contributed by atoms with van der Waals surface area (Å²) in [6.45, 7) is 4.66. The average molecular weight is 548 g/mol. The van der Waals surface area contributed by atoms with E-state index in [1.54, 1.807) is 6.07 Å². The fourth-order valence-corrected chi connectivity index (χ4v) is 6.34. The molecule has 1 aromatic heterocycles. The van der Waals surface area contributed by atoms with Gasteiger partial charge >= 0.3 is 5.97 Å². The Morgan fingerprint density at radius 1 is 1.02 bits per heavy atom. The number of aryl methyl sites for hydroxylation is 2. The maximum absolute atomic E-state index is 13.2. The summed E-state index contributed by atoms with van der Waals surface area (Å²) in [5, 5.41) is 0. The first-order valence-electron chi connectivity index (χ1n) is 14.5. The van der Waals surface area contributed by atoms with Crippen LogP contribution in [0.15, 0.2) is 73.1 Å². The molecule has 4 aromatic rings. The minimum Gasteiger partial charge on any atom is -0.465 e. The Morgan fingerprint density at radius 2 is 1.85 bits per heavy atom. The fourth-order valence-electron chi connectivity index (χ4n) is 6.34. The molecule has 6 heteroatoms. The number of ketones is 1. The second-order valence-electron chi connectivity index (χ2n) is 11.5. The second-order valence-corrected chi connectivity index (χ2v) is 11.5. The van der Waals surface area contributed by atoms with Gasteiger partial charge in [0.1, 0.15) is 5.78 Å². The zero-order valence-electron chi connectivity index (χ0n) is 24.1. The van der Waals surface area contributed by atoms with Crippen LogP contribution < -0.4 is 0 Å². The van der Waals surface area contributed by atoms with Crippen molar-refractivity contribution in [2.24, 2.45) is 13.0 Å². The molecule has 1 saturated carbocycles. The number of carbonyl (C=O) groups is 2. The molecule has 0 N–H and O–H groups in total. The van der Waals surface area contributed by atoms with Gasteiger partial charge in [0.05, 0.1) is 24.7 Å². The number of ether oxygens (including phenoxy) is 1. The predicted octanol–water partition coefficient (Wildman–Crippen LogP) is 6.05. The van der Waals surface area contributed by atoms with Crippen molar-refractivity contribution >= 4 is 11.8 Å². The summed E-state index contributed by atoms with van der Waals surface area (Å²) in [4.78, 5) is 32.6. The molecule has 6 nitrogen and oxygen atoms in total. The van der Waals surface area contributed by atoms with Gasteiger partial charge in [-0.2, -0.15) is 0 Å². The Labute approximate surface area is 242 Å². The maximum atomic E-state index is 13.2. The van der Waals surface area contributed by atoms with Crippen LogP contribution in [0.1, 0.15) is 62.8 Å². The van der Waals surface area contributed by atoms with Gasteiger partial charge in [-0.3, -0.25) is 9.69 Å². The molecule has 2 unspecified atom stereocenters. The SMILES string of the molecule is COC(=O)c1cccc(-c2ccc(CCC(=O)C3CC3c3ccccc3)c3c2CCN(Cc2ncn(C)c2C)C3)c1. The molecule has 41 heavy (non-hydrogen) atoms. The molecule has 2 heterocycles. The third kappa shape index (κ3) is 5.62. The van der Waals surface area contributed by atoms with E-state index in [1.165, 1.54) is 35.1 Å². The number of methoxy groups -OCH3 is 1. The molecule has 0 bridgehead atoms. The number of hydrogen-bond acceptors (Lipinski definition) is 5. The number of nitrogens with zero attached hydrogens (tertiary/aromatic N) is 3. The smallest absolute Gasteiger partial charge is 0.337 e. The molecule has 1 aliphatic carbocycles. The molecule has 0 amide bonds. The highest BCUT2D eigenvalue weighted by molar-refractivity contribution is 5.91. The lowest BCUT2D eigenvalue weighted by Gasteiger charge is -2.32. The van der Waals surface area contributed by atoms with Crippen LogP contribution in [0.2, 0.25) is 0 Å². The molecule has 0 saturated heterocycles. The molecule has 6 rings (SSSR count). The van der Waals surface area contributed by atoms with E-state index in [2.05, 4.69) is 63.8 Å². The van der Waals surface area contributed by atoms with Crippen molar-refractivity contribution in [3.63, 3.8) is 0 Å². The molecule has 2 aliphatic rings. The number of fused-ring (bicyclic) bond motifs is 1. The quantitative estimate of drug-likeness (QED) is 0.239. The summed E-state index contributed by atoms with van der Waals surface area (Å²) in [6, 6.07) is 22.5. The zero-order valence-corrected chi connectivity index (χ0v) is 24.1. The standard InChI is InChI=1S/C35H37N3O3/c1-23-33(36-22-37(23)2)21-38-17-16-29-28(26-10-7-11-27(18-26)35(40)41-3)14-12-25(32(29)20-38)13-15-34(39)31-19-30(31)24-8-5-4-6-9-24/h4-12,14,18,22,30-31H,13,15-17,19-21H2,1-3H3. The van der Waals surface area contributed by atoms with Crippen LogP contribution in [-0.4, -0.2) is 39.9 Å². The Hall–Kier alpha value is -4.03. The van der Waals surface area contributed by atoms with E-state index >= 15 is 0 Å². The van der Waals surface area contributed by atoms with Crippen molar-refractivity contribution < 1.29 is 14.3 Å². The normalized spacial score (nSPS) is 18.1. The molecule has 2 atom stereocenters. The molecule has 1 fully saturated rings. The highest BCUT2D eigenvalue weighted by atomic mass is 16.5. The second kappa shape index (κ2) is 11.5. The molecule has 0 radical (unpaired) electrons. The highest BCUT2D eigenvalue weighted by Gasteiger charge is 2.43. The topological polar surface area (TPSA) is 64.4 Å². The third-order valence-corrected chi connectivity index (χ3v) is 8.96. The van der Waals surface area contributed by atoms with E-state index in [9.17, 15) is 9.59 Å². The number of hydrogen-bond donors (Lipinski definition) is 0. The van der Waals surface area contributed by atoms with Gasteiger partial charge in [0.15, 0.2) is 0 Å². The lowest BCUT2D eigenvalue weighted by Crippen LogP contribution is -2.31. The van der Waals surface area contributed by atoms with Crippen molar-refractivity contribution in [3.8, 4) is 11.1 Å². The summed E-state index contributed by atoms with van der Waals surface area (Å²) in [6.07, 6.45) is 5.06. The van der Waals surface area contributed by atoms with Crippen LogP contribution in [0.3, 0.4) is 0 Å². The van der Waals surface area contributed by atoms with Crippen molar-refractivity contribution in [1.82, 2.24) is 14.5 Å². The van der Waals surface area contributed by atoms with Crippen LogP contribution >= 0.6 is 0 Å². The molecule has 1 aliphatic heterocycles. The summed E-state index contributed by atoms with van der Waals surface area (Å²) in [7, 11) is 3.44. The first-order chi connectivity index (χ1) is 19.9. The van der Waals surface area contributed by atoms with Gasteiger partial charge < -0.3 is 9.30 Å². The van der Waals surface area contributed by atoms with E-state index in [4.69, 9.17) is 4.74 Å². The largest absolute Gasteiger partial charge is 0.465 e. The zero-order chi connectivity index (χ0) is 28.5. The van der Waals surface area contributed by atoms with Crippen LogP contribution in [0.5, 0.6) is 0 Å². The lowest BCUT2D eigenvalue weighted by atomic mass is 9.85. The Bertz CT molecular complexity index is 1590. The van der Waals surface area contributed by atoms with Crippen molar-refractivity contribution in [2.75, 3.05) is 13.7 Å². The Balaban J connectivity index is 1.26. The van der Waals surface area contributed by atoms with Gasteiger partial charge in [-0.05, 0) is 77.6 Å². The number of benzene rings is 3. The minimum atomic E-state index is -0.332. The highest BCUT2D eigenvalue weighted by Crippen LogP contribution is 2.48. The maximum Gasteiger partial charge on any atom is 0.337 e. The first kappa shape index (κ1) is 27.2. The van der Waals surface area contributed by atoms with Gasteiger partial charge in [-0.25, -0.2) is 9.78 Å². The van der Waals surface area contributed by atoms with E-state index in [1.807, 2.05) is 31.6 Å². The molecular formula is C35H37N3O3. The van der Waals surface area contributed by atoms with E-state index < -0.39 is 0 Å². The van der Waals surface area contributed by atoms with E-state index in [-0.39, 0.29) is 11.9 Å². The molecular weight excluding hydrogens is 510 g/mol. The number of rotatable bonds is 9. The lowest BCUT2D eigenvalue weighted by molar-refractivity contribution is -0.120. The van der Waals surface area contributed by atoms with E-state index in [0.717, 1.165) is 55.7 Å². The van der Waals surface area contributed by atoms with Crippen LogP contribution in [0.25, 0.3) is 11.1 Å². The Morgan fingerprint density at radius 3 is 2.61 bits per heavy atom. The van der Waals surface area contributed by atoms with Crippen molar-refractivity contribution in [2.45, 2.75) is 51.6 Å². The molecule has 0 spiro atoms. The van der Waals surface area contributed by atoms with Gasteiger partial charge in [0, 0.05) is 44.7 Å². The number of esters is 1.